The Bertz CT molecular complexity index is 440. The third-order valence-electron chi connectivity index (χ3n) is 1.39. The van der Waals surface area contributed by atoms with Gasteiger partial charge < -0.3 is 0 Å². The van der Waals surface area contributed by atoms with Crippen molar-refractivity contribution in [2.24, 2.45) is 0 Å². The average molecular weight is 283 g/mol. The molecule has 12 heavy (non-hydrogen) atoms. The normalized spacial score (nSPS) is 10.9. The third kappa shape index (κ3) is 1.46. The van der Waals surface area contributed by atoms with Crippen molar-refractivity contribution < 1.29 is 0 Å². The highest BCUT2D eigenvalue weighted by Crippen LogP contribution is 2.34. The summed E-state index contributed by atoms with van der Waals surface area (Å²) in [6, 6.07) is 3.58. The Morgan fingerprint density at radius 2 is 2.08 bits per heavy atom. The van der Waals surface area contributed by atoms with Crippen LogP contribution in [-0.2, 0) is 0 Å². The minimum atomic E-state index is 0.432. The number of rotatable bonds is 0. The summed E-state index contributed by atoms with van der Waals surface area (Å²) in [5, 5.41) is 2.02. The lowest BCUT2D eigenvalue weighted by Gasteiger charge is -1.92. The van der Waals surface area contributed by atoms with Gasteiger partial charge in [-0.3, -0.25) is 0 Å². The van der Waals surface area contributed by atoms with Gasteiger partial charge in [-0.2, -0.15) is 0 Å². The van der Waals surface area contributed by atoms with E-state index in [1.54, 1.807) is 6.07 Å². The van der Waals surface area contributed by atoms with E-state index in [4.69, 9.17) is 23.2 Å². The maximum atomic E-state index is 5.94. The summed E-state index contributed by atoms with van der Waals surface area (Å²) in [6.07, 6.45) is 0. The van der Waals surface area contributed by atoms with Crippen molar-refractivity contribution in [2.45, 2.75) is 0 Å². The van der Waals surface area contributed by atoms with Crippen LogP contribution in [0, 0.1) is 0 Å². The highest BCUT2D eigenvalue weighted by atomic mass is 79.9. The smallest absolute Gasteiger partial charge is 0.132 e. The van der Waals surface area contributed by atoms with Crippen molar-refractivity contribution in [2.75, 3.05) is 0 Å². The van der Waals surface area contributed by atoms with Crippen molar-refractivity contribution in [3.05, 3.63) is 26.1 Å². The highest BCUT2D eigenvalue weighted by molar-refractivity contribution is 9.11. The summed E-state index contributed by atoms with van der Waals surface area (Å²) in [6.45, 7) is 0. The fourth-order valence-electron chi connectivity index (χ4n) is 0.918. The number of nitrogens with zero attached hydrogens (tertiary/aromatic N) is 1. The highest BCUT2D eigenvalue weighted by Gasteiger charge is 2.06. The first-order chi connectivity index (χ1) is 5.66. The van der Waals surface area contributed by atoms with E-state index in [2.05, 4.69) is 20.9 Å². The quantitative estimate of drug-likeness (QED) is 0.654. The molecule has 2 aromatic heterocycles. The summed E-state index contributed by atoms with van der Waals surface area (Å²) in [4.78, 5) is 4.99. The van der Waals surface area contributed by atoms with Gasteiger partial charge in [0.15, 0.2) is 0 Å². The number of halogens is 3. The van der Waals surface area contributed by atoms with E-state index in [0.717, 1.165) is 14.0 Å². The minimum Gasteiger partial charge on any atom is -0.225 e. The van der Waals surface area contributed by atoms with Gasteiger partial charge in [0.05, 0.1) is 8.81 Å². The fraction of sp³-hybridized carbons (Fsp3) is 0. The zero-order chi connectivity index (χ0) is 8.72. The molecule has 62 valence electrons. The maximum absolute atomic E-state index is 5.94. The predicted molar refractivity (Wildman–Crippen MR) is 57.3 cm³/mol. The Kier molecular flexibility index (Phi) is 2.29. The largest absolute Gasteiger partial charge is 0.225 e. The van der Waals surface area contributed by atoms with Gasteiger partial charge in [0.25, 0.3) is 0 Å². The fourth-order valence-corrected chi connectivity index (χ4v) is 2.99. The molecule has 0 unspecified atom stereocenters. The van der Waals surface area contributed by atoms with E-state index in [9.17, 15) is 0 Å². The monoisotopic (exact) mass is 281 g/mol. The van der Waals surface area contributed by atoms with Crippen LogP contribution in [0.2, 0.25) is 10.2 Å². The summed E-state index contributed by atoms with van der Waals surface area (Å²) < 4.78 is 1.01. The Labute approximate surface area is 91.4 Å². The van der Waals surface area contributed by atoms with Crippen molar-refractivity contribution in [1.82, 2.24) is 4.98 Å². The van der Waals surface area contributed by atoms with Gasteiger partial charge in [-0.1, -0.05) is 23.2 Å². The zero-order valence-corrected chi connectivity index (χ0v) is 9.56. The molecule has 2 heterocycles. The van der Waals surface area contributed by atoms with Crippen molar-refractivity contribution >= 4 is 60.7 Å². The average Bonchev–Trinajstić information content (AvgIpc) is 2.29. The molecular formula is C7H2BrCl2NS. The van der Waals surface area contributed by atoms with E-state index in [1.807, 2.05) is 6.07 Å². The topological polar surface area (TPSA) is 12.9 Å². The molecule has 0 spiro atoms. The molecule has 0 aliphatic heterocycles. The van der Waals surface area contributed by atoms with Crippen molar-refractivity contribution in [3.63, 3.8) is 0 Å². The number of hydrogen-bond donors (Lipinski definition) is 0. The Balaban J connectivity index is 2.88. The van der Waals surface area contributed by atoms with Crippen LogP contribution in [0.1, 0.15) is 0 Å². The van der Waals surface area contributed by atoms with Gasteiger partial charge in [-0.25, -0.2) is 4.98 Å². The molecule has 0 radical (unpaired) electrons. The molecule has 5 heteroatoms. The van der Waals surface area contributed by atoms with E-state index in [1.165, 1.54) is 11.3 Å². The second-order valence-corrected chi connectivity index (χ2v) is 5.40. The lowest BCUT2D eigenvalue weighted by molar-refractivity contribution is 1.44. The van der Waals surface area contributed by atoms with Crippen LogP contribution >= 0.6 is 50.5 Å². The first-order valence-electron chi connectivity index (χ1n) is 3.08. The molecule has 0 saturated carbocycles. The van der Waals surface area contributed by atoms with Gasteiger partial charge in [0, 0.05) is 5.39 Å². The van der Waals surface area contributed by atoms with Gasteiger partial charge in [0.2, 0.25) is 0 Å². The third-order valence-corrected chi connectivity index (χ3v) is 3.43. The number of fused-ring (bicyclic) bond motifs is 1. The number of pyridine rings is 1. The SMILES string of the molecule is Clc1cc(Cl)c2cc(Br)sc2n1. The number of aromatic nitrogens is 1. The Morgan fingerprint density at radius 1 is 1.33 bits per heavy atom. The van der Waals surface area contributed by atoms with Gasteiger partial charge in [0.1, 0.15) is 9.98 Å². The number of hydrogen-bond acceptors (Lipinski definition) is 2. The van der Waals surface area contributed by atoms with E-state index >= 15 is 0 Å². The molecule has 0 amide bonds. The summed E-state index contributed by atoms with van der Waals surface area (Å²) in [5.41, 5.74) is 0. The lowest BCUT2D eigenvalue weighted by Crippen LogP contribution is -1.74. The van der Waals surface area contributed by atoms with Crippen molar-refractivity contribution in [1.29, 1.82) is 0 Å². The second kappa shape index (κ2) is 3.14. The van der Waals surface area contributed by atoms with E-state index < -0.39 is 0 Å². The van der Waals surface area contributed by atoms with Crippen LogP contribution in [-0.4, -0.2) is 4.98 Å². The number of thiophene rings is 1. The molecule has 1 nitrogen and oxygen atoms in total. The summed E-state index contributed by atoms with van der Waals surface area (Å²) in [5.74, 6) is 0. The second-order valence-electron chi connectivity index (χ2n) is 2.20. The first kappa shape index (κ1) is 8.75. The molecule has 2 rings (SSSR count). The van der Waals surface area contributed by atoms with Crippen LogP contribution in [0.4, 0.5) is 0 Å². The molecule has 0 bridgehead atoms. The van der Waals surface area contributed by atoms with Gasteiger partial charge in [-0.15, -0.1) is 11.3 Å². The van der Waals surface area contributed by atoms with E-state index in [-0.39, 0.29) is 0 Å². The van der Waals surface area contributed by atoms with Crippen LogP contribution < -0.4 is 0 Å². The summed E-state index contributed by atoms with van der Waals surface area (Å²) >= 11 is 16.5. The molecule has 0 aliphatic carbocycles. The molecule has 0 atom stereocenters. The minimum absolute atomic E-state index is 0.432. The Hall–Kier alpha value is 0.170. The molecule has 0 saturated heterocycles. The van der Waals surface area contributed by atoms with Crippen LogP contribution in [0.3, 0.4) is 0 Å². The molecule has 2 aromatic rings. The van der Waals surface area contributed by atoms with Crippen LogP contribution in [0.25, 0.3) is 10.2 Å². The lowest BCUT2D eigenvalue weighted by atomic mass is 10.3. The molecule has 0 N–H and O–H groups in total. The standard InChI is InChI=1S/C7H2BrCl2NS/c8-5-1-3-4(9)2-6(10)11-7(3)12-5/h1-2H. The van der Waals surface area contributed by atoms with Crippen molar-refractivity contribution in [3.8, 4) is 0 Å². The van der Waals surface area contributed by atoms with Crippen LogP contribution in [0.5, 0.6) is 0 Å². The zero-order valence-electron chi connectivity index (χ0n) is 5.64. The Morgan fingerprint density at radius 3 is 2.83 bits per heavy atom. The van der Waals surface area contributed by atoms with E-state index in [0.29, 0.717) is 10.2 Å². The maximum Gasteiger partial charge on any atom is 0.132 e. The van der Waals surface area contributed by atoms with Gasteiger partial charge >= 0.3 is 0 Å². The molecule has 0 fully saturated rings. The summed E-state index contributed by atoms with van der Waals surface area (Å²) in [7, 11) is 0. The molecule has 0 aromatic carbocycles. The van der Waals surface area contributed by atoms with Crippen LogP contribution in [0.15, 0.2) is 15.9 Å². The molecular weight excluding hydrogens is 281 g/mol. The van der Waals surface area contributed by atoms with Gasteiger partial charge in [-0.05, 0) is 28.1 Å². The molecule has 0 aliphatic rings. The predicted octanol–water partition coefficient (Wildman–Crippen LogP) is 4.37. The first-order valence-corrected chi connectivity index (χ1v) is 5.44.